The van der Waals surface area contributed by atoms with Gasteiger partial charge in [0.2, 0.25) is 5.82 Å². The van der Waals surface area contributed by atoms with E-state index in [0.717, 1.165) is 12.8 Å². The lowest BCUT2D eigenvalue weighted by Gasteiger charge is -2.23. The summed E-state index contributed by atoms with van der Waals surface area (Å²) in [6, 6.07) is 6.38. The summed E-state index contributed by atoms with van der Waals surface area (Å²) in [5.41, 5.74) is 1.72. The first-order chi connectivity index (χ1) is 14.7. The summed E-state index contributed by atoms with van der Waals surface area (Å²) in [6.45, 7) is 1.18. The minimum Gasteiger partial charge on any atom is -0.381 e. The Balaban J connectivity index is 1.60. The quantitative estimate of drug-likeness (QED) is 0.645. The molecule has 0 spiro atoms. The van der Waals surface area contributed by atoms with Gasteiger partial charge in [-0.2, -0.15) is 4.98 Å². The number of hydrogen-bond donors (Lipinski definition) is 0. The molecule has 3 aromatic rings. The summed E-state index contributed by atoms with van der Waals surface area (Å²) in [5.74, 6) is -0.0608. The van der Waals surface area contributed by atoms with E-state index in [1.54, 1.807) is 36.4 Å². The Morgan fingerprint density at radius 3 is 2.77 bits per heavy atom. The van der Waals surface area contributed by atoms with E-state index in [2.05, 4.69) is 20.5 Å². The smallest absolute Gasteiger partial charge is 0.280 e. The summed E-state index contributed by atoms with van der Waals surface area (Å²) in [6.07, 6.45) is 5.70. The van der Waals surface area contributed by atoms with Gasteiger partial charge in [-0.05, 0) is 25.0 Å². The number of alkyl halides is 1. The van der Waals surface area contributed by atoms with Gasteiger partial charge in [0, 0.05) is 31.1 Å². The lowest BCUT2D eigenvalue weighted by molar-refractivity contribution is 0.0840. The average molecular weight is 411 g/mol. The fraction of sp³-hybridized carbons (Fsp3) is 0.333. The van der Waals surface area contributed by atoms with Crippen molar-refractivity contribution >= 4 is 5.57 Å². The van der Waals surface area contributed by atoms with Crippen LogP contribution in [0.5, 0.6) is 0 Å². The van der Waals surface area contributed by atoms with E-state index >= 15 is 0 Å². The van der Waals surface area contributed by atoms with E-state index in [1.165, 1.54) is 10.7 Å². The largest absolute Gasteiger partial charge is 0.381 e. The molecule has 1 atom stereocenters. The predicted molar refractivity (Wildman–Crippen MR) is 104 cm³/mol. The van der Waals surface area contributed by atoms with Crippen LogP contribution >= 0.6 is 0 Å². The fourth-order valence-corrected chi connectivity index (χ4v) is 3.83. The van der Waals surface area contributed by atoms with Crippen molar-refractivity contribution in [3.63, 3.8) is 0 Å². The van der Waals surface area contributed by atoms with Crippen LogP contribution in [0.15, 0.2) is 47.0 Å². The molecule has 0 N–H and O–H groups in total. The maximum atomic E-state index is 14.5. The third-order valence-electron chi connectivity index (χ3n) is 5.37. The van der Waals surface area contributed by atoms with Crippen LogP contribution in [-0.2, 0) is 4.74 Å². The standard InChI is InChI=1S/C21H19F2N5O2/c22-15-6-2-1-5-14(15)20-24-21(30-26-20)18-19(13-9-11-29-12-10-13)28(27-25-18)17-8-4-3-7-16(17)23/h1-5,7-8,13,15H,6,9-12H2. The minimum atomic E-state index is -1.19. The van der Waals surface area contributed by atoms with Gasteiger partial charge in [-0.1, -0.05) is 40.7 Å². The van der Waals surface area contributed by atoms with E-state index < -0.39 is 12.0 Å². The van der Waals surface area contributed by atoms with Gasteiger partial charge in [-0.3, -0.25) is 0 Å². The average Bonchev–Trinajstić information content (AvgIpc) is 3.42. The van der Waals surface area contributed by atoms with Gasteiger partial charge in [-0.15, -0.1) is 5.10 Å². The van der Waals surface area contributed by atoms with Crippen LogP contribution in [0.3, 0.4) is 0 Å². The summed E-state index contributed by atoms with van der Waals surface area (Å²) >= 11 is 0. The molecule has 2 aliphatic rings. The molecule has 0 bridgehead atoms. The lowest BCUT2D eigenvalue weighted by atomic mass is 9.94. The molecule has 0 radical (unpaired) electrons. The van der Waals surface area contributed by atoms with Gasteiger partial charge in [0.25, 0.3) is 5.89 Å². The van der Waals surface area contributed by atoms with E-state index in [1.807, 2.05) is 0 Å². The molecular weight excluding hydrogens is 392 g/mol. The van der Waals surface area contributed by atoms with Crippen LogP contribution in [0.25, 0.3) is 22.8 Å². The Labute approximate surface area is 171 Å². The first-order valence-corrected chi connectivity index (χ1v) is 9.86. The predicted octanol–water partition coefficient (Wildman–Crippen LogP) is 4.03. The summed E-state index contributed by atoms with van der Waals surface area (Å²) in [5, 5.41) is 12.4. The van der Waals surface area contributed by atoms with Crippen LogP contribution in [0.2, 0.25) is 0 Å². The normalized spacial score (nSPS) is 19.8. The van der Waals surface area contributed by atoms with Crippen LogP contribution in [-0.4, -0.2) is 44.5 Å². The van der Waals surface area contributed by atoms with Gasteiger partial charge in [-0.25, -0.2) is 13.5 Å². The minimum absolute atomic E-state index is 0.0319. The molecule has 5 rings (SSSR count). The highest BCUT2D eigenvalue weighted by Gasteiger charge is 2.30. The maximum absolute atomic E-state index is 14.5. The highest BCUT2D eigenvalue weighted by Crippen LogP contribution is 2.35. The Morgan fingerprint density at radius 2 is 1.97 bits per heavy atom. The van der Waals surface area contributed by atoms with Crippen LogP contribution in [0, 0.1) is 5.82 Å². The maximum Gasteiger partial charge on any atom is 0.280 e. The van der Waals surface area contributed by atoms with Crippen LogP contribution in [0.1, 0.15) is 36.7 Å². The molecule has 2 aromatic heterocycles. The van der Waals surface area contributed by atoms with E-state index in [9.17, 15) is 8.78 Å². The highest BCUT2D eigenvalue weighted by atomic mass is 19.1. The second-order valence-corrected chi connectivity index (χ2v) is 7.25. The number of benzene rings is 1. The van der Waals surface area contributed by atoms with E-state index in [4.69, 9.17) is 9.26 Å². The number of nitrogens with zero attached hydrogens (tertiary/aromatic N) is 5. The second kappa shape index (κ2) is 7.91. The van der Waals surface area contributed by atoms with Gasteiger partial charge in [0.1, 0.15) is 17.7 Å². The number of ether oxygens (including phenoxy) is 1. The number of para-hydroxylation sites is 1. The van der Waals surface area contributed by atoms with Gasteiger partial charge in [0.15, 0.2) is 5.69 Å². The Bertz CT molecular complexity index is 1110. The topological polar surface area (TPSA) is 78.9 Å². The monoisotopic (exact) mass is 411 g/mol. The van der Waals surface area contributed by atoms with Gasteiger partial charge in [0.05, 0.1) is 5.69 Å². The number of rotatable bonds is 4. The third-order valence-corrected chi connectivity index (χ3v) is 5.37. The zero-order valence-corrected chi connectivity index (χ0v) is 16.0. The van der Waals surface area contributed by atoms with Crippen molar-refractivity contribution in [1.29, 1.82) is 0 Å². The Kier molecular flexibility index (Phi) is 4.96. The zero-order valence-electron chi connectivity index (χ0n) is 16.0. The van der Waals surface area contributed by atoms with Crippen molar-refractivity contribution in [2.75, 3.05) is 13.2 Å². The van der Waals surface area contributed by atoms with Gasteiger partial charge >= 0.3 is 0 Å². The summed E-state index contributed by atoms with van der Waals surface area (Å²) in [7, 11) is 0. The second-order valence-electron chi connectivity index (χ2n) is 7.25. The van der Waals surface area contributed by atoms with Crippen molar-refractivity contribution in [3.8, 4) is 17.3 Å². The number of aromatic nitrogens is 5. The van der Waals surface area contributed by atoms with Crippen molar-refractivity contribution in [2.24, 2.45) is 0 Å². The highest BCUT2D eigenvalue weighted by molar-refractivity contribution is 5.68. The van der Waals surface area contributed by atoms with Crippen molar-refractivity contribution < 1.29 is 18.0 Å². The van der Waals surface area contributed by atoms with E-state index in [0.29, 0.717) is 35.9 Å². The molecule has 154 valence electrons. The summed E-state index contributed by atoms with van der Waals surface area (Å²) in [4.78, 5) is 4.38. The van der Waals surface area contributed by atoms with Gasteiger partial charge < -0.3 is 9.26 Å². The molecule has 1 aliphatic carbocycles. The molecule has 1 aromatic carbocycles. The first-order valence-electron chi connectivity index (χ1n) is 9.86. The van der Waals surface area contributed by atoms with Crippen molar-refractivity contribution in [3.05, 3.63) is 59.8 Å². The molecule has 30 heavy (non-hydrogen) atoms. The van der Waals surface area contributed by atoms with Crippen LogP contribution in [0.4, 0.5) is 8.78 Å². The number of allylic oxidation sites excluding steroid dienone is 4. The molecule has 9 heteroatoms. The number of halogens is 2. The molecule has 1 fully saturated rings. The van der Waals surface area contributed by atoms with E-state index in [-0.39, 0.29) is 24.1 Å². The zero-order chi connectivity index (χ0) is 20.5. The first kappa shape index (κ1) is 18.8. The Hall–Kier alpha value is -3.20. The molecule has 1 unspecified atom stereocenters. The molecule has 1 aliphatic heterocycles. The fourth-order valence-electron chi connectivity index (χ4n) is 3.83. The molecule has 3 heterocycles. The molecule has 0 amide bonds. The van der Waals surface area contributed by atoms with Crippen molar-refractivity contribution in [1.82, 2.24) is 25.1 Å². The third kappa shape index (κ3) is 3.35. The van der Waals surface area contributed by atoms with Crippen LogP contribution < -0.4 is 0 Å². The Morgan fingerprint density at radius 1 is 1.13 bits per heavy atom. The molecule has 7 nitrogen and oxygen atoms in total. The summed E-state index contributed by atoms with van der Waals surface area (Å²) < 4.78 is 41.2. The molecule has 1 saturated heterocycles. The lowest BCUT2D eigenvalue weighted by Crippen LogP contribution is -2.18. The SMILES string of the molecule is Fc1ccccc1-n1nnc(-c2nc(C3=CC=CCC3F)no2)c1C1CCOCC1. The molecule has 0 saturated carbocycles. The number of hydrogen-bond acceptors (Lipinski definition) is 6. The molecular formula is C21H19F2N5O2. The van der Waals surface area contributed by atoms with Crippen molar-refractivity contribution in [2.45, 2.75) is 31.4 Å².